The first kappa shape index (κ1) is 19.1. The number of ether oxygens (including phenoxy) is 3. The van der Waals surface area contributed by atoms with Crippen molar-refractivity contribution in [2.24, 2.45) is 0 Å². The molecule has 0 aromatic heterocycles. The molecule has 2 bridgehead atoms. The minimum atomic E-state index is -0.319. The molecule has 0 spiro atoms. The van der Waals surface area contributed by atoms with Crippen molar-refractivity contribution >= 4 is 5.91 Å². The first-order valence-corrected chi connectivity index (χ1v) is 9.68. The lowest BCUT2D eigenvalue weighted by Crippen LogP contribution is -2.62. The third kappa shape index (κ3) is 4.42. The van der Waals surface area contributed by atoms with Gasteiger partial charge in [0, 0.05) is 13.5 Å². The van der Waals surface area contributed by atoms with Gasteiger partial charge in [0.15, 0.2) is 0 Å². The second kappa shape index (κ2) is 8.84. The van der Waals surface area contributed by atoms with Gasteiger partial charge in [0.1, 0.15) is 24.5 Å². The van der Waals surface area contributed by atoms with Gasteiger partial charge in [0.25, 0.3) is 0 Å². The number of amides is 1. The van der Waals surface area contributed by atoms with Crippen LogP contribution in [0.3, 0.4) is 0 Å². The van der Waals surface area contributed by atoms with Gasteiger partial charge in [-0.1, -0.05) is 60.7 Å². The van der Waals surface area contributed by atoms with Gasteiger partial charge in [-0.3, -0.25) is 10.1 Å². The van der Waals surface area contributed by atoms with Crippen LogP contribution in [0.25, 0.3) is 0 Å². The van der Waals surface area contributed by atoms with Crippen LogP contribution in [0.1, 0.15) is 18.1 Å². The third-order valence-electron chi connectivity index (χ3n) is 5.15. The highest BCUT2D eigenvalue weighted by Gasteiger charge is 2.51. The summed E-state index contributed by atoms with van der Waals surface area (Å²) < 4.78 is 18.6. The van der Waals surface area contributed by atoms with Gasteiger partial charge in [-0.2, -0.15) is 0 Å². The van der Waals surface area contributed by atoms with Gasteiger partial charge in [-0.05, 0) is 11.1 Å². The molecule has 4 rings (SSSR count). The lowest BCUT2D eigenvalue weighted by molar-refractivity contribution is -0.198. The number of hydrogen-bond donors (Lipinski definition) is 2. The Bertz CT molecular complexity index is 771. The first-order valence-electron chi connectivity index (χ1n) is 9.68. The third-order valence-corrected chi connectivity index (χ3v) is 5.15. The lowest BCUT2D eigenvalue weighted by atomic mass is 9.97. The maximum atomic E-state index is 11.8. The summed E-state index contributed by atoms with van der Waals surface area (Å²) in [6, 6.07) is 19.7. The molecule has 28 heavy (non-hydrogen) atoms. The van der Waals surface area contributed by atoms with E-state index >= 15 is 0 Å². The van der Waals surface area contributed by atoms with Gasteiger partial charge >= 0.3 is 0 Å². The number of carbonyl (C=O) groups excluding carboxylic acids is 1. The van der Waals surface area contributed by atoms with Crippen LogP contribution in [0.2, 0.25) is 0 Å². The molecule has 2 aromatic carbocycles. The van der Waals surface area contributed by atoms with Gasteiger partial charge < -0.3 is 19.5 Å². The fourth-order valence-electron chi connectivity index (χ4n) is 3.84. The van der Waals surface area contributed by atoms with E-state index in [0.717, 1.165) is 11.1 Å². The van der Waals surface area contributed by atoms with Gasteiger partial charge in [0.05, 0.1) is 19.3 Å². The molecule has 2 heterocycles. The molecular formula is C22H26N2O4. The van der Waals surface area contributed by atoms with Crippen LogP contribution in [0.5, 0.6) is 0 Å². The Kier molecular flexibility index (Phi) is 6.02. The number of hydrogen-bond acceptors (Lipinski definition) is 5. The summed E-state index contributed by atoms with van der Waals surface area (Å²) in [4.78, 5) is 11.8. The summed E-state index contributed by atoms with van der Waals surface area (Å²) in [6.45, 7) is 3.10. The Hall–Kier alpha value is -2.25. The minimum Gasteiger partial charge on any atom is -0.368 e. The quantitative estimate of drug-likeness (QED) is 0.767. The molecule has 2 saturated heterocycles. The summed E-state index contributed by atoms with van der Waals surface area (Å²) in [6.07, 6.45) is -0.982. The second-order valence-electron chi connectivity index (χ2n) is 7.25. The molecule has 5 atom stereocenters. The smallest absolute Gasteiger partial charge is 0.217 e. The number of nitrogens with one attached hydrogen (secondary N) is 2. The Morgan fingerprint density at radius 3 is 2.14 bits per heavy atom. The number of benzene rings is 2. The van der Waals surface area contributed by atoms with Crippen molar-refractivity contribution in [2.45, 2.75) is 50.7 Å². The molecule has 2 fully saturated rings. The highest BCUT2D eigenvalue weighted by Crippen LogP contribution is 2.30. The summed E-state index contributed by atoms with van der Waals surface area (Å²) in [5, 5.41) is 6.33. The van der Waals surface area contributed by atoms with Crippen LogP contribution in [0, 0.1) is 0 Å². The topological polar surface area (TPSA) is 68.8 Å². The number of fused-ring (bicyclic) bond motifs is 2. The zero-order valence-corrected chi connectivity index (χ0v) is 15.9. The SMILES string of the molecule is CC(=O)N[C@@H]1[C@@H](OCc2ccccc2)[C@H](OCc2ccccc2)[C@H]2CN[C@@H]1O2. The van der Waals surface area contributed by atoms with E-state index in [1.807, 2.05) is 60.7 Å². The molecule has 2 aromatic rings. The van der Waals surface area contributed by atoms with E-state index in [2.05, 4.69) is 10.6 Å². The molecule has 0 aliphatic carbocycles. The van der Waals surface area contributed by atoms with Crippen molar-refractivity contribution < 1.29 is 19.0 Å². The summed E-state index contributed by atoms with van der Waals surface area (Å²) in [7, 11) is 0. The summed E-state index contributed by atoms with van der Waals surface area (Å²) >= 11 is 0. The molecule has 0 radical (unpaired) electrons. The van der Waals surface area contributed by atoms with E-state index in [1.165, 1.54) is 6.92 Å². The van der Waals surface area contributed by atoms with Gasteiger partial charge in [0.2, 0.25) is 5.91 Å². The first-order chi connectivity index (χ1) is 13.7. The zero-order chi connectivity index (χ0) is 19.3. The molecule has 2 N–H and O–H groups in total. The van der Waals surface area contributed by atoms with E-state index in [0.29, 0.717) is 19.8 Å². The fourth-order valence-corrected chi connectivity index (χ4v) is 3.84. The van der Waals surface area contributed by atoms with Crippen LogP contribution < -0.4 is 10.6 Å². The predicted molar refractivity (Wildman–Crippen MR) is 104 cm³/mol. The molecular weight excluding hydrogens is 356 g/mol. The van der Waals surface area contributed by atoms with Crippen LogP contribution in [0.15, 0.2) is 60.7 Å². The molecule has 6 nitrogen and oxygen atoms in total. The molecule has 2 aliphatic rings. The van der Waals surface area contributed by atoms with Crippen LogP contribution in [-0.4, -0.2) is 43.0 Å². The maximum absolute atomic E-state index is 11.8. The van der Waals surface area contributed by atoms with Gasteiger partial charge in [-0.25, -0.2) is 0 Å². The fraction of sp³-hybridized carbons (Fsp3) is 0.409. The normalized spacial score (nSPS) is 28.8. The van der Waals surface area contributed by atoms with Crippen molar-refractivity contribution in [3.05, 3.63) is 71.8 Å². The molecule has 0 saturated carbocycles. The highest BCUT2D eigenvalue weighted by atomic mass is 16.6. The Labute approximate surface area is 165 Å². The predicted octanol–water partition coefficient (Wildman–Crippen LogP) is 1.99. The van der Waals surface area contributed by atoms with E-state index < -0.39 is 0 Å². The van der Waals surface area contributed by atoms with Gasteiger partial charge in [-0.15, -0.1) is 0 Å². The van der Waals surface area contributed by atoms with E-state index in [1.54, 1.807) is 0 Å². The maximum Gasteiger partial charge on any atom is 0.217 e. The van der Waals surface area contributed by atoms with Crippen molar-refractivity contribution in [3.63, 3.8) is 0 Å². The van der Waals surface area contributed by atoms with Crippen LogP contribution in [-0.2, 0) is 32.2 Å². The van der Waals surface area contributed by atoms with Crippen molar-refractivity contribution in [1.29, 1.82) is 0 Å². The number of carbonyl (C=O) groups is 1. The summed E-state index contributed by atoms with van der Waals surface area (Å²) in [5.74, 6) is -0.115. The largest absolute Gasteiger partial charge is 0.368 e. The second-order valence-corrected chi connectivity index (χ2v) is 7.25. The summed E-state index contributed by atoms with van der Waals surface area (Å²) in [5.41, 5.74) is 2.17. The molecule has 2 aliphatic heterocycles. The average Bonchev–Trinajstić information content (AvgIpc) is 3.15. The van der Waals surface area contributed by atoms with E-state index in [9.17, 15) is 4.79 Å². The van der Waals surface area contributed by atoms with Crippen LogP contribution >= 0.6 is 0 Å². The van der Waals surface area contributed by atoms with E-state index in [4.69, 9.17) is 14.2 Å². The van der Waals surface area contributed by atoms with Crippen molar-refractivity contribution in [3.8, 4) is 0 Å². The minimum absolute atomic E-state index is 0.112. The zero-order valence-electron chi connectivity index (χ0n) is 15.9. The molecule has 0 unspecified atom stereocenters. The Morgan fingerprint density at radius 2 is 1.57 bits per heavy atom. The highest BCUT2D eigenvalue weighted by molar-refractivity contribution is 5.73. The monoisotopic (exact) mass is 382 g/mol. The Balaban J connectivity index is 1.51. The average molecular weight is 382 g/mol. The molecule has 6 heteroatoms. The molecule has 148 valence electrons. The van der Waals surface area contributed by atoms with Crippen LogP contribution in [0.4, 0.5) is 0 Å². The molecule has 1 amide bonds. The number of rotatable bonds is 7. The Morgan fingerprint density at radius 1 is 1.00 bits per heavy atom. The van der Waals surface area contributed by atoms with E-state index in [-0.39, 0.29) is 36.5 Å². The standard InChI is InChI=1S/C22H26N2O4/c1-15(25)24-19-21(27-14-17-10-6-3-7-11-17)20(18-12-23-22(19)28-18)26-13-16-8-4-2-5-9-16/h2-11,18-23H,12-14H2,1H3,(H,24,25)/t18-,19-,20-,21-,22-/m1/s1. The van der Waals surface area contributed by atoms with Crippen molar-refractivity contribution in [1.82, 2.24) is 10.6 Å². The van der Waals surface area contributed by atoms with Crippen molar-refractivity contribution in [2.75, 3.05) is 6.54 Å². The lowest BCUT2D eigenvalue weighted by Gasteiger charge is -2.41.